The number of benzene rings is 1. The molecule has 1 aliphatic rings. The van der Waals surface area contributed by atoms with Gasteiger partial charge in [0.2, 0.25) is 0 Å². The molecule has 1 fully saturated rings. The van der Waals surface area contributed by atoms with Crippen LogP contribution in [0.3, 0.4) is 0 Å². The van der Waals surface area contributed by atoms with Crippen LogP contribution in [0.25, 0.3) is 0 Å². The Morgan fingerprint density at radius 2 is 2.17 bits per heavy atom. The Labute approximate surface area is 122 Å². The minimum Gasteiger partial charge on any atom is -0.294 e. The van der Waals surface area contributed by atoms with Crippen LogP contribution in [-0.4, -0.2) is 11.0 Å². The molecule has 0 spiro atoms. The van der Waals surface area contributed by atoms with Gasteiger partial charge in [-0.25, -0.2) is 0 Å². The van der Waals surface area contributed by atoms with Gasteiger partial charge in [-0.05, 0) is 43.9 Å². The van der Waals surface area contributed by atoms with E-state index in [1.165, 1.54) is 30.6 Å². The van der Waals surface area contributed by atoms with Gasteiger partial charge in [0, 0.05) is 20.2 Å². The Kier molecular flexibility index (Phi) is 4.91. The van der Waals surface area contributed by atoms with E-state index in [9.17, 15) is 4.79 Å². The monoisotopic (exact) mass is 326 g/mol. The zero-order valence-corrected chi connectivity index (χ0v) is 13.3. The van der Waals surface area contributed by atoms with E-state index in [2.05, 4.69) is 35.0 Å². The van der Waals surface area contributed by atoms with Gasteiger partial charge in [-0.3, -0.25) is 4.79 Å². The molecule has 2 unspecified atom stereocenters. The zero-order chi connectivity index (χ0) is 13.1. The first-order chi connectivity index (χ1) is 8.56. The van der Waals surface area contributed by atoms with Gasteiger partial charge in [-0.15, -0.1) is 11.8 Å². The summed E-state index contributed by atoms with van der Waals surface area (Å²) in [7, 11) is 0. The van der Waals surface area contributed by atoms with Crippen molar-refractivity contribution in [1.29, 1.82) is 0 Å². The number of hydrogen-bond acceptors (Lipinski definition) is 2. The lowest BCUT2D eigenvalue weighted by molar-refractivity contribution is 0.101. The van der Waals surface area contributed by atoms with E-state index in [1.54, 1.807) is 6.92 Å². The Hall–Kier alpha value is -0.280. The minimum absolute atomic E-state index is 0.115. The maximum absolute atomic E-state index is 11.4. The Balaban J connectivity index is 2.05. The number of rotatable bonds is 3. The van der Waals surface area contributed by atoms with E-state index in [-0.39, 0.29) is 5.78 Å². The number of Topliss-reactive ketones (excluding diaryl/α,β-unsaturated/α-hetero) is 1. The van der Waals surface area contributed by atoms with Gasteiger partial charge in [0.15, 0.2) is 5.78 Å². The molecule has 0 aliphatic heterocycles. The van der Waals surface area contributed by atoms with Crippen LogP contribution in [0.2, 0.25) is 0 Å². The van der Waals surface area contributed by atoms with Crippen LogP contribution in [0.15, 0.2) is 27.6 Å². The summed E-state index contributed by atoms with van der Waals surface area (Å²) in [5.74, 6) is 0.973. The van der Waals surface area contributed by atoms with Crippen molar-refractivity contribution in [2.45, 2.75) is 49.7 Å². The van der Waals surface area contributed by atoms with Gasteiger partial charge < -0.3 is 0 Å². The number of halogens is 1. The Morgan fingerprint density at radius 1 is 1.39 bits per heavy atom. The van der Waals surface area contributed by atoms with Gasteiger partial charge >= 0.3 is 0 Å². The molecule has 1 aromatic carbocycles. The third kappa shape index (κ3) is 3.61. The first-order valence-corrected chi connectivity index (χ1v) is 8.20. The molecule has 98 valence electrons. The molecule has 1 aromatic rings. The summed E-state index contributed by atoms with van der Waals surface area (Å²) < 4.78 is 0.920. The fourth-order valence-electron chi connectivity index (χ4n) is 2.53. The van der Waals surface area contributed by atoms with E-state index < -0.39 is 0 Å². The number of ketones is 1. The zero-order valence-electron chi connectivity index (χ0n) is 10.9. The van der Waals surface area contributed by atoms with Crippen molar-refractivity contribution in [2.24, 2.45) is 5.92 Å². The average molecular weight is 327 g/mol. The Morgan fingerprint density at radius 3 is 2.78 bits per heavy atom. The highest BCUT2D eigenvalue weighted by Gasteiger charge is 2.20. The lowest BCUT2D eigenvalue weighted by Gasteiger charge is -2.26. The number of thioether (sulfide) groups is 1. The molecule has 18 heavy (non-hydrogen) atoms. The fraction of sp³-hybridized carbons (Fsp3) is 0.533. The summed E-state index contributed by atoms with van der Waals surface area (Å²) in [6, 6.07) is 6.09. The predicted octanol–water partition coefficient (Wildman–Crippen LogP) is 5.32. The van der Waals surface area contributed by atoms with Crippen molar-refractivity contribution in [1.82, 2.24) is 0 Å². The molecule has 1 aliphatic carbocycles. The van der Waals surface area contributed by atoms with Crippen LogP contribution in [0.1, 0.15) is 49.9 Å². The predicted molar refractivity (Wildman–Crippen MR) is 81.4 cm³/mol. The van der Waals surface area contributed by atoms with Gasteiger partial charge in [0.25, 0.3) is 0 Å². The highest BCUT2D eigenvalue weighted by Crippen LogP contribution is 2.37. The summed E-state index contributed by atoms with van der Waals surface area (Å²) >= 11 is 5.45. The molecule has 0 N–H and O–H groups in total. The topological polar surface area (TPSA) is 17.1 Å². The van der Waals surface area contributed by atoms with Gasteiger partial charge in [0.05, 0.1) is 0 Å². The van der Waals surface area contributed by atoms with E-state index in [0.717, 1.165) is 21.2 Å². The maximum atomic E-state index is 11.4. The molecule has 0 amide bonds. The van der Waals surface area contributed by atoms with Crippen LogP contribution in [0, 0.1) is 5.92 Å². The van der Waals surface area contributed by atoms with Crippen molar-refractivity contribution < 1.29 is 4.79 Å². The first-order valence-electron chi connectivity index (χ1n) is 6.53. The summed E-state index contributed by atoms with van der Waals surface area (Å²) in [5, 5.41) is 0.740. The van der Waals surface area contributed by atoms with Crippen LogP contribution >= 0.6 is 27.7 Å². The van der Waals surface area contributed by atoms with Crippen molar-refractivity contribution >= 4 is 33.5 Å². The highest BCUT2D eigenvalue weighted by atomic mass is 79.9. The number of carbonyl (C=O) groups is 1. The second-order valence-corrected chi connectivity index (χ2v) is 7.44. The smallest absolute Gasteiger partial charge is 0.160 e. The summed E-state index contributed by atoms with van der Waals surface area (Å²) in [5.41, 5.74) is 0.774. The van der Waals surface area contributed by atoms with E-state index in [4.69, 9.17) is 0 Å². The largest absolute Gasteiger partial charge is 0.294 e. The van der Waals surface area contributed by atoms with Gasteiger partial charge in [-0.1, -0.05) is 35.7 Å². The third-order valence-corrected chi connectivity index (χ3v) is 5.45. The average Bonchev–Trinajstić information content (AvgIpc) is 2.28. The van der Waals surface area contributed by atoms with E-state index in [1.807, 2.05) is 17.8 Å². The molecule has 1 nitrogen and oxygen atoms in total. The normalized spacial score (nSPS) is 23.9. The first kappa shape index (κ1) is 14.1. The fourth-order valence-corrected chi connectivity index (χ4v) is 4.77. The van der Waals surface area contributed by atoms with E-state index in [0.29, 0.717) is 0 Å². The molecule has 1 saturated carbocycles. The van der Waals surface area contributed by atoms with Crippen molar-refractivity contribution in [3.05, 3.63) is 28.2 Å². The molecule has 0 saturated heterocycles. The molecule has 0 aromatic heterocycles. The molecule has 2 atom stereocenters. The summed E-state index contributed by atoms with van der Waals surface area (Å²) in [4.78, 5) is 12.6. The molecule has 0 bridgehead atoms. The van der Waals surface area contributed by atoms with Gasteiger partial charge in [0.1, 0.15) is 0 Å². The van der Waals surface area contributed by atoms with Crippen LogP contribution in [0.4, 0.5) is 0 Å². The van der Waals surface area contributed by atoms with Crippen molar-refractivity contribution in [3.63, 3.8) is 0 Å². The minimum atomic E-state index is 0.115. The molecular weight excluding hydrogens is 308 g/mol. The van der Waals surface area contributed by atoms with Crippen molar-refractivity contribution in [2.75, 3.05) is 0 Å². The number of carbonyl (C=O) groups excluding carboxylic acids is 1. The van der Waals surface area contributed by atoms with Crippen LogP contribution in [-0.2, 0) is 0 Å². The van der Waals surface area contributed by atoms with Crippen LogP contribution in [0.5, 0.6) is 0 Å². The lowest BCUT2D eigenvalue weighted by atomic mass is 9.91. The van der Waals surface area contributed by atoms with Gasteiger partial charge in [-0.2, -0.15) is 0 Å². The third-order valence-electron chi connectivity index (χ3n) is 3.51. The molecular formula is C15H19BrOS. The second-order valence-electron chi connectivity index (χ2n) is 5.21. The van der Waals surface area contributed by atoms with E-state index >= 15 is 0 Å². The maximum Gasteiger partial charge on any atom is 0.160 e. The lowest BCUT2D eigenvalue weighted by Crippen LogP contribution is -2.14. The summed E-state index contributed by atoms with van der Waals surface area (Å²) in [6.45, 7) is 3.96. The highest BCUT2D eigenvalue weighted by molar-refractivity contribution is 9.10. The SMILES string of the molecule is CC(=O)c1ccc(SC2CCCC(C)C2)cc1Br. The quantitative estimate of drug-likeness (QED) is 0.699. The molecule has 0 radical (unpaired) electrons. The Bertz CT molecular complexity index is 444. The molecule has 0 heterocycles. The molecule has 2 rings (SSSR count). The van der Waals surface area contributed by atoms with Crippen LogP contribution < -0.4 is 0 Å². The second kappa shape index (κ2) is 6.25. The summed E-state index contributed by atoms with van der Waals surface area (Å²) in [6.07, 6.45) is 5.37. The number of hydrogen-bond donors (Lipinski definition) is 0. The standard InChI is InChI=1S/C15H19BrOS/c1-10-4-3-5-12(8-10)18-13-6-7-14(11(2)17)15(16)9-13/h6-7,9-10,12H,3-5,8H2,1-2H3. The van der Waals surface area contributed by atoms with Crippen molar-refractivity contribution in [3.8, 4) is 0 Å². The molecule has 3 heteroatoms.